The van der Waals surface area contributed by atoms with Crippen LogP contribution in [0.5, 0.6) is 0 Å². The molecular weight excluding hydrogens is 282 g/mol. The molecule has 1 atom stereocenters. The number of nitro benzene ring substituents is 1. The monoisotopic (exact) mass is 300 g/mol. The third-order valence-electron chi connectivity index (χ3n) is 3.86. The Morgan fingerprint density at radius 1 is 1.43 bits per heavy atom. The lowest BCUT2D eigenvalue weighted by Gasteiger charge is -2.38. The summed E-state index contributed by atoms with van der Waals surface area (Å²) in [7, 11) is 0. The number of anilines is 1. The van der Waals surface area contributed by atoms with Crippen LogP contribution in [-0.2, 0) is 0 Å². The van der Waals surface area contributed by atoms with Crippen molar-refractivity contribution >= 4 is 11.4 Å². The van der Waals surface area contributed by atoms with Crippen LogP contribution in [0.1, 0.15) is 37.7 Å². The Bertz CT molecular complexity index is 509. The number of aliphatic hydroxyl groups is 1. The molecule has 1 aromatic rings. The summed E-state index contributed by atoms with van der Waals surface area (Å²) in [6.45, 7) is 0.625. The topological polar surface area (TPSA) is 66.6 Å². The van der Waals surface area contributed by atoms with Crippen molar-refractivity contribution in [2.75, 3.05) is 18.1 Å². The van der Waals surface area contributed by atoms with Crippen LogP contribution in [0, 0.1) is 10.1 Å². The molecular formula is C14H18F2N2O3. The second kappa shape index (κ2) is 6.80. The fourth-order valence-electron chi connectivity index (χ4n) is 2.86. The van der Waals surface area contributed by atoms with E-state index in [9.17, 15) is 18.9 Å². The maximum Gasteiger partial charge on any atom is 0.270 e. The van der Waals surface area contributed by atoms with Crippen LogP contribution in [0.4, 0.5) is 20.2 Å². The number of nitro groups is 1. The Morgan fingerprint density at radius 3 is 2.81 bits per heavy atom. The molecule has 1 aliphatic heterocycles. The number of nitrogens with zero attached hydrogens (tertiary/aromatic N) is 2. The first-order valence-corrected chi connectivity index (χ1v) is 6.98. The summed E-state index contributed by atoms with van der Waals surface area (Å²) in [4.78, 5) is 11.9. The fraction of sp³-hybridized carbons (Fsp3) is 0.571. The van der Waals surface area contributed by atoms with Gasteiger partial charge in [-0.05, 0) is 31.7 Å². The molecule has 1 aromatic carbocycles. The van der Waals surface area contributed by atoms with E-state index in [4.69, 9.17) is 5.11 Å². The second-order valence-corrected chi connectivity index (χ2v) is 5.16. The summed E-state index contributed by atoms with van der Waals surface area (Å²) in [6, 6.07) is 3.61. The van der Waals surface area contributed by atoms with Crippen molar-refractivity contribution in [1.82, 2.24) is 0 Å². The van der Waals surface area contributed by atoms with Gasteiger partial charge in [0, 0.05) is 42.6 Å². The van der Waals surface area contributed by atoms with E-state index in [1.807, 2.05) is 4.90 Å². The number of alkyl halides is 2. The van der Waals surface area contributed by atoms with Gasteiger partial charge in [0.2, 0.25) is 0 Å². The van der Waals surface area contributed by atoms with E-state index < -0.39 is 11.3 Å². The van der Waals surface area contributed by atoms with Gasteiger partial charge in [0.1, 0.15) is 0 Å². The zero-order chi connectivity index (χ0) is 15.4. The largest absolute Gasteiger partial charge is 0.396 e. The van der Waals surface area contributed by atoms with Gasteiger partial charge in [-0.3, -0.25) is 10.1 Å². The number of piperidine rings is 1. The highest BCUT2D eigenvalue weighted by Gasteiger charge is 2.27. The van der Waals surface area contributed by atoms with E-state index >= 15 is 0 Å². The SMILES string of the molecule is O=[N+]([O-])c1ccc(N2CCCCC2CCO)c(C(F)F)c1. The van der Waals surface area contributed by atoms with Gasteiger partial charge in [-0.15, -0.1) is 0 Å². The van der Waals surface area contributed by atoms with E-state index in [-0.39, 0.29) is 23.9 Å². The Hall–Kier alpha value is -1.76. The van der Waals surface area contributed by atoms with E-state index in [0.717, 1.165) is 25.3 Å². The van der Waals surface area contributed by atoms with Gasteiger partial charge in [0.05, 0.1) is 4.92 Å². The molecule has 1 N–H and O–H groups in total. The van der Waals surface area contributed by atoms with Crippen molar-refractivity contribution in [3.8, 4) is 0 Å². The minimum Gasteiger partial charge on any atom is -0.396 e. The lowest BCUT2D eigenvalue weighted by Crippen LogP contribution is -2.40. The summed E-state index contributed by atoms with van der Waals surface area (Å²) < 4.78 is 26.5. The zero-order valence-electron chi connectivity index (χ0n) is 11.5. The average molecular weight is 300 g/mol. The molecule has 21 heavy (non-hydrogen) atoms. The van der Waals surface area contributed by atoms with Gasteiger partial charge in [0.15, 0.2) is 0 Å². The highest BCUT2D eigenvalue weighted by molar-refractivity contribution is 5.59. The normalized spacial score (nSPS) is 19.0. The Morgan fingerprint density at radius 2 is 2.19 bits per heavy atom. The van der Waals surface area contributed by atoms with Crippen LogP contribution in [0.3, 0.4) is 0 Å². The highest BCUT2D eigenvalue weighted by Crippen LogP contribution is 2.36. The van der Waals surface area contributed by atoms with Crippen molar-refractivity contribution in [2.45, 2.75) is 38.2 Å². The summed E-state index contributed by atoms with van der Waals surface area (Å²) >= 11 is 0. The Labute approximate surface area is 121 Å². The smallest absolute Gasteiger partial charge is 0.270 e. The maximum absolute atomic E-state index is 13.2. The van der Waals surface area contributed by atoms with Crippen LogP contribution in [-0.4, -0.2) is 29.2 Å². The molecule has 0 aromatic heterocycles. The molecule has 1 unspecified atom stereocenters. The average Bonchev–Trinajstić information content (AvgIpc) is 2.47. The molecule has 116 valence electrons. The number of rotatable bonds is 5. The van der Waals surface area contributed by atoms with E-state index in [1.165, 1.54) is 12.1 Å². The van der Waals surface area contributed by atoms with Crippen molar-refractivity contribution in [3.05, 3.63) is 33.9 Å². The van der Waals surface area contributed by atoms with Crippen molar-refractivity contribution in [3.63, 3.8) is 0 Å². The molecule has 0 aliphatic carbocycles. The van der Waals surface area contributed by atoms with Crippen LogP contribution in [0.15, 0.2) is 18.2 Å². The molecule has 0 radical (unpaired) electrons. The predicted octanol–water partition coefficient (Wildman–Crippen LogP) is 3.27. The van der Waals surface area contributed by atoms with E-state index in [1.54, 1.807) is 0 Å². The number of halogens is 2. The van der Waals surface area contributed by atoms with E-state index in [2.05, 4.69) is 0 Å². The molecule has 2 rings (SSSR count). The first-order chi connectivity index (χ1) is 10.0. The lowest BCUT2D eigenvalue weighted by molar-refractivity contribution is -0.385. The molecule has 1 aliphatic rings. The van der Waals surface area contributed by atoms with Crippen LogP contribution in [0.25, 0.3) is 0 Å². The second-order valence-electron chi connectivity index (χ2n) is 5.16. The molecule has 0 amide bonds. The third-order valence-corrected chi connectivity index (χ3v) is 3.86. The number of hydrogen-bond donors (Lipinski definition) is 1. The van der Waals surface area contributed by atoms with Gasteiger partial charge in [0.25, 0.3) is 12.1 Å². The number of aliphatic hydroxyl groups excluding tert-OH is 1. The fourth-order valence-corrected chi connectivity index (χ4v) is 2.86. The van der Waals surface area contributed by atoms with Crippen molar-refractivity contribution < 1.29 is 18.8 Å². The maximum atomic E-state index is 13.2. The molecule has 1 heterocycles. The molecule has 0 saturated carbocycles. The van der Waals surface area contributed by atoms with Crippen molar-refractivity contribution in [2.24, 2.45) is 0 Å². The minimum absolute atomic E-state index is 0.00183. The van der Waals surface area contributed by atoms with Crippen LogP contribution in [0.2, 0.25) is 0 Å². The molecule has 1 fully saturated rings. The first kappa shape index (κ1) is 15.6. The molecule has 5 nitrogen and oxygen atoms in total. The number of benzene rings is 1. The summed E-state index contributed by atoms with van der Waals surface area (Å²) in [5.41, 5.74) is -0.299. The molecule has 7 heteroatoms. The van der Waals surface area contributed by atoms with Crippen LogP contribution < -0.4 is 4.90 Å². The summed E-state index contributed by atoms with van der Waals surface area (Å²) in [5, 5.41) is 19.9. The Kier molecular flexibility index (Phi) is 5.06. The summed E-state index contributed by atoms with van der Waals surface area (Å²) in [5.74, 6) is 0. The lowest BCUT2D eigenvalue weighted by atomic mass is 9.97. The van der Waals surface area contributed by atoms with Crippen LogP contribution >= 0.6 is 0 Å². The van der Waals surface area contributed by atoms with Gasteiger partial charge >= 0.3 is 0 Å². The van der Waals surface area contributed by atoms with E-state index in [0.29, 0.717) is 18.7 Å². The quantitative estimate of drug-likeness (QED) is 0.669. The predicted molar refractivity (Wildman–Crippen MR) is 74.7 cm³/mol. The number of hydrogen-bond acceptors (Lipinski definition) is 4. The standard InChI is InChI=1S/C14H18F2N2O3/c15-14(16)12-9-11(18(20)21)4-5-13(12)17-7-2-1-3-10(17)6-8-19/h4-5,9-10,14,19H,1-3,6-8H2. The molecule has 1 saturated heterocycles. The van der Waals surface area contributed by atoms with Gasteiger partial charge in [-0.25, -0.2) is 8.78 Å². The Balaban J connectivity index is 2.38. The summed E-state index contributed by atoms with van der Waals surface area (Å²) in [6.07, 6.45) is 0.469. The minimum atomic E-state index is -2.77. The third kappa shape index (κ3) is 3.47. The van der Waals surface area contributed by atoms with Gasteiger partial charge < -0.3 is 10.0 Å². The van der Waals surface area contributed by atoms with Gasteiger partial charge in [-0.2, -0.15) is 0 Å². The van der Waals surface area contributed by atoms with Crippen molar-refractivity contribution in [1.29, 1.82) is 0 Å². The van der Waals surface area contributed by atoms with Gasteiger partial charge in [-0.1, -0.05) is 0 Å². The zero-order valence-corrected chi connectivity index (χ0v) is 11.5. The molecule has 0 bridgehead atoms. The highest BCUT2D eigenvalue weighted by atomic mass is 19.3. The number of non-ortho nitro benzene ring substituents is 1. The molecule has 0 spiro atoms. The first-order valence-electron chi connectivity index (χ1n) is 6.98.